The van der Waals surface area contributed by atoms with Gasteiger partial charge < -0.3 is 14.5 Å². The van der Waals surface area contributed by atoms with Crippen molar-refractivity contribution in [3.05, 3.63) is 54.3 Å². The molecule has 1 aromatic heterocycles. The molecular weight excluding hydrogens is 300 g/mol. The Labute approximate surface area is 142 Å². The number of benzene rings is 2. The van der Waals surface area contributed by atoms with Gasteiger partial charge in [0.1, 0.15) is 17.1 Å². The molecule has 0 bridgehead atoms. The third-order valence-electron chi connectivity index (χ3n) is 4.57. The van der Waals surface area contributed by atoms with E-state index in [4.69, 9.17) is 9.15 Å². The van der Waals surface area contributed by atoms with Crippen LogP contribution in [0.1, 0.15) is 5.76 Å². The van der Waals surface area contributed by atoms with E-state index in [9.17, 15) is 0 Å². The molecule has 124 valence electrons. The molecule has 4 nitrogen and oxygen atoms in total. The van der Waals surface area contributed by atoms with Crippen molar-refractivity contribution >= 4 is 11.0 Å². The predicted octanol–water partition coefficient (Wildman–Crippen LogP) is 3.51. The molecule has 4 heteroatoms. The van der Waals surface area contributed by atoms with Gasteiger partial charge in [-0.15, -0.1) is 0 Å². The molecule has 24 heavy (non-hydrogen) atoms. The maximum Gasteiger partial charge on any atom is 0.134 e. The molecule has 1 aliphatic rings. The molecule has 0 amide bonds. The molecule has 1 saturated heterocycles. The Kier molecular flexibility index (Phi) is 4.24. The number of ether oxygens (including phenoxy) is 1. The second kappa shape index (κ2) is 6.67. The molecule has 0 atom stereocenters. The van der Waals surface area contributed by atoms with Crippen LogP contribution in [-0.2, 0) is 6.54 Å². The minimum absolute atomic E-state index is 0.875. The van der Waals surface area contributed by atoms with Crippen LogP contribution in [0.15, 0.2) is 52.9 Å². The number of piperazine rings is 1. The lowest BCUT2D eigenvalue weighted by molar-refractivity contribution is 0.218. The summed E-state index contributed by atoms with van der Waals surface area (Å²) in [6.45, 7) is 5.13. The molecule has 0 aliphatic carbocycles. The van der Waals surface area contributed by atoms with Crippen LogP contribution >= 0.6 is 0 Å². The summed E-state index contributed by atoms with van der Waals surface area (Å²) in [5.41, 5.74) is 3.19. The molecule has 0 unspecified atom stereocenters. The van der Waals surface area contributed by atoms with E-state index in [-0.39, 0.29) is 0 Å². The Morgan fingerprint density at radius 2 is 1.92 bits per heavy atom. The average Bonchev–Trinajstić information content (AvgIpc) is 3.03. The van der Waals surface area contributed by atoms with Crippen LogP contribution in [0.3, 0.4) is 0 Å². The smallest absolute Gasteiger partial charge is 0.134 e. The summed E-state index contributed by atoms with van der Waals surface area (Å²) >= 11 is 0. The Bertz CT molecular complexity index is 835. The van der Waals surface area contributed by atoms with E-state index in [2.05, 4.69) is 40.5 Å². The summed E-state index contributed by atoms with van der Waals surface area (Å²) in [4.78, 5) is 2.43. The van der Waals surface area contributed by atoms with Gasteiger partial charge in [-0.25, -0.2) is 0 Å². The SMILES string of the molecule is COc1ccccc1-c1ccc2oc(CN3CCNCC3)cc2c1. The zero-order chi connectivity index (χ0) is 16.4. The van der Waals surface area contributed by atoms with E-state index in [0.29, 0.717) is 0 Å². The lowest BCUT2D eigenvalue weighted by Crippen LogP contribution is -2.42. The number of hydrogen-bond acceptors (Lipinski definition) is 4. The zero-order valence-corrected chi connectivity index (χ0v) is 13.9. The van der Waals surface area contributed by atoms with Crippen molar-refractivity contribution in [2.75, 3.05) is 33.3 Å². The second-order valence-electron chi connectivity index (χ2n) is 6.19. The molecule has 2 heterocycles. The number of para-hydroxylation sites is 1. The van der Waals surface area contributed by atoms with E-state index in [0.717, 1.165) is 66.3 Å². The van der Waals surface area contributed by atoms with Crippen molar-refractivity contribution < 1.29 is 9.15 Å². The number of nitrogens with one attached hydrogen (secondary N) is 1. The van der Waals surface area contributed by atoms with Crippen LogP contribution in [0.5, 0.6) is 5.75 Å². The van der Waals surface area contributed by atoms with Gasteiger partial charge in [0.05, 0.1) is 13.7 Å². The Balaban J connectivity index is 1.63. The topological polar surface area (TPSA) is 37.6 Å². The van der Waals surface area contributed by atoms with Crippen LogP contribution < -0.4 is 10.1 Å². The molecule has 1 N–H and O–H groups in total. The van der Waals surface area contributed by atoms with Crippen LogP contribution in [0.2, 0.25) is 0 Å². The summed E-state index contributed by atoms with van der Waals surface area (Å²) < 4.78 is 11.5. The van der Waals surface area contributed by atoms with E-state index in [1.807, 2.05) is 18.2 Å². The number of furan rings is 1. The van der Waals surface area contributed by atoms with Gasteiger partial charge in [-0.1, -0.05) is 24.3 Å². The average molecular weight is 322 g/mol. The van der Waals surface area contributed by atoms with Crippen molar-refractivity contribution in [3.8, 4) is 16.9 Å². The van der Waals surface area contributed by atoms with Crippen molar-refractivity contribution in [1.29, 1.82) is 0 Å². The Morgan fingerprint density at radius 1 is 1.08 bits per heavy atom. The largest absolute Gasteiger partial charge is 0.496 e. The second-order valence-corrected chi connectivity index (χ2v) is 6.19. The lowest BCUT2D eigenvalue weighted by atomic mass is 10.0. The first-order valence-corrected chi connectivity index (χ1v) is 8.42. The summed E-state index contributed by atoms with van der Waals surface area (Å²) in [7, 11) is 1.71. The van der Waals surface area contributed by atoms with Gasteiger partial charge in [-0.3, -0.25) is 4.90 Å². The summed E-state index contributed by atoms with van der Waals surface area (Å²) in [6, 6.07) is 16.6. The first kappa shape index (κ1) is 15.2. The van der Waals surface area contributed by atoms with Gasteiger partial charge in [0.2, 0.25) is 0 Å². The van der Waals surface area contributed by atoms with Crippen LogP contribution in [-0.4, -0.2) is 38.2 Å². The predicted molar refractivity (Wildman–Crippen MR) is 96.3 cm³/mol. The fraction of sp³-hybridized carbons (Fsp3) is 0.300. The third-order valence-corrected chi connectivity index (χ3v) is 4.57. The first-order valence-electron chi connectivity index (χ1n) is 8.42. The number of fused-ring (bicyclic) bond motifs is 1. The van der Waals surface area contributed by atoms with Gasteiger partial charge in [0, 0.05) is 37.1 Å². The van der Waals surface area contributed by atoms with Crippen molar-refractivity contribution in [1.82, 2.24) is 10.2 Å². The van der Waals surface area contributed by atoms with Crippen LogP contribution in [0.4, 0.5) is 0 Å². The molecule has 1 aliphatic heterocycles. The van der Waals surface area contributed by atoms with Crippen LogP contribution in [0.25, 0.3) is 22.1 Å². The van der Waals surface area contributed by atoms with E-state index < -0.39 is 0 Å². The highest BCUT2D eigenvalue weighted by molar-refractivity contribution is 5.85. The van der Waals surface area contributed by atoms with Gasteiger partial charge in [0.15, 0.2) is 0 Å². The quantitative estimate of drug-likeness (QED) is 0.797. The molecule has 0 saturated carbocycles. The third kappa shape index (κ3) is 3.03. The minimum Gasteiger partial charge on any atom is -0.496 e. The Morgan fingerprint density at radius 3 is 2.75 bits per heavy atom. The fourth-order valence-electron chi connectivity index (χ4n) is 3.32. The molecular formula is C20H22N2O2. The van der Waals surface area contributed by atoms with Crippen molar-refractivity contribution in [3.63, 3.8) is 0 Å². The van der Waals surface area contributed by atoms with Crippen molar-refractivity contribution in [2.45, 2.75) is 6.54 Å². The van der Waals surface area contributed by atoms with Gasteiger partial charge in [-0.2, -0.15) is 0 Å². The highest BCUT2D eigenvalue weighted by Crippen LogP contribution is 2.32. The van der Waals surface area contributed by atoms with E-state index in [1.165, 1.54) is 0 Å². The molecule has 4 rings (SSSR count). The van der Waals surface area contributed by atoms with Crippen molar-refractivity contribution in [2.24, 2.45) is 0 Å². The number of methoxy groups -OCH3 is 1. The Hall–Kier alpha value is -2.30. The molecule has 0 radical (unpaired) electrons. The fourth-order valence-corrected chi connectivity index (χ4v) is 3.32. The maximum atomic E-state index is 6.02. The highest BCUT2D eigenvalue weighted by Gasteiger charge is 2.13. The van der Waals surface area contributed by atoms with Crippen LogP contribution in [0, 0.1) is 0 Å². The van der Waals surface area contributed by atoms with E-state index >= 15 is 0 Å². The molecule has 3 aromatic rings. The molecule has 1 fully saturated rings. The van der Waals surface area contributed by atoms with E-state index in [1.54, 1.807) is 7.11 Å². The zero-order valence-electron chi connectivity index (χ0n) is 13.9. The van der Waals surface area contributed by atoms with Gasteiger partial charge in [-0.05, 0) is 29.8 Å². The first-order chi connectivity index (χ1) is 11.8. The normalized spacial score (nSPS) is 15.7. The molecule has 2 aromatic carbocycles. The number of hydrogen-bond donors (Lipinski definition) is 1. The molecule has 0 spiro atoms. The summed E-state index contributed by atoms with van der Waals surface area (Å²) in [5, 5.41) is 4.52. The summed E-state index contributed by atoms with van der Waals surface area (Å²) in [5.74, 6) is 1.92. The van der Waals surface area contributed by atoms with Gasteiger partial charge in [0.25, 0.3) is 0 Å². The number of rotatable bonds is 4. The maximum absolute atomic E-state index is 6.02. The standard InChI is InChI=1S/C20H22N2O2/c1-23-20-5-3-2-4-18(20)15-6-7-19-16(12-15)13-17(24-19)14-22-10-8-21-9-11-22/h2-7,12-13,21H,8-11,14H2,1H3. The lowest BCUT2D eigenvalue weighted by Gasteiger charge is -2.26. The monoisotopic (exact) mass is 322 g/mol. The number of nitrogens with zero attached hydrogens (tertiary/aromatic N) is 1. The summed E-state index contributed by atoms with van der Waals surface area (Å²) in [6.07, 6.45) is 0. The highest BCUT2D eigenvalue weighted by atomic mass is 16.5. The minimum atomic E-state index is 0.875. The van der Waals surface area contributed by atoms with Gasteiger partial charge >= 0.3 is 0 Å².